The van der Waals surface area contributed by atoms with Crippen LogP contribution in [0.3, 0.4) is 0 Å². The normalized spacial score (nSPS) is 30.2. The number of piperidine rings is 1. The van der Waals surface area contributed by atoms with Crippen LogP contribution < -0.4 is 5.32 Å². The molecule has 1 aliphatic heterocycles. The lowest BCUT2D eigenvalue weighted by Gasteiger charge is -2.40. The zero-order valence-electron chi connectivity index (χ0n) is 11.3. The van der Waals surface area contributed by atoms with Gasteiger partial charge in [-0.2, -0.15) is 0 Å². The Balaban J connectivity index is 2.00. The Hall–Kier alpha value is -1.09. The molecule has 0 aromatic carbocycles. The second-order valence-corrected chi connectivity index (χ2v) is 5.44. The summed E-state index contributed by atoms with van der Waals surface area (Å²) in [6, 6.07) is 5.40. The number of likely N-dealkylation sites (tertiary alicyclic amines) is 1. The first kappa shape index (κ1) is 12.4. The van der Waals surface area contributed by atoms with Crippen molar-refractivity contribution in [3.63, 3.8) is 0 Å². The number of rotatable bonds is 2. The minimum atomic E-state index is 0.561. The number of aromatic nitrogens is 1. The number of aryl methyl sites for hydroxylation is 1. The fraction of sp³-hybridized carbons (Fsp3) is 0.643. The van der Waals surface area contributed by atoms with Gasteiger partial charge in [0.15, 0.2) is 0 Å². The zero-order chi connectivity index (χ0) is 12.4. The van der Waals surface area contributed by atoms with E-state index in [2.05, 4.69) is 48.2 Å². The van der Waals surface area contributed by atoms with Crippen LogP contribution >= 0.6 is 0 Å². The fourth-order valence-corrected chi connectivity index (χ4v) is 2.51. The molecule has 3 nitrogen and oxygen atoms in total. The average molecular weight is 233 g/mol. The molecule has 1 saturated heterocycles. The number of nitrogens with one attached hydrogen (secondary N) is 1. The van der Waals surface area contributed by atoms with Gasteiger partial charge in [0.05, 0.1) is 11.9 Å². The van der Waals surface area contributed by atoms with Crippen molar-refractivity contribution in [1.82, 2.24) is 9.88 Å². The van der Waals surface area contributed by atoms with E-state index in [1.54, 1.807) is 0 Å². The summed E-state index contributed by atoms with van der Waals surface area (Å²) in [4.78, 5) is 6.77. The molecular weight excluding hydrogens is 210 g/mol. The quantitative estimate of drug-likeness (QED) is 0.851. The summed E-state index contributed by atoms with van der Waals surface area (Å²) in [5.74, 6) is 0.678. The van der Waals surface area contributed by atoms with Crippen molar-refractivity contribution in [2.45, 2.75) is 39.3 Å². The molecule has 2 rings (SSSR count). The van der Waals surface area contributed by atoms with Crippen LogP contribution in [0.25, 0.3) is 0 Å². The molecular formula is C14H23N3. The highest BCUT2D eigenvalue weighted by molar-refractivity contribution is 5.42. The van der Waals surface area contributed by atoms with Crippen LogP contribution in [0.1, 0.15) is 26.0 Å². The second kappa shape index (κ2) is 5.05. The SMILES string of the molecule is Cc1ccc(NC2CC(C)N(C)CC2C)cn1. The van der Waals surface area contributed by atoms with Gasteiger partial charge in [0.2, 0.25) is 0 Å². The molecule has 0 radical (unpaired) electrons. The first-order valence-electron chi connectivity index (χ1n) is 6.45. The largest absolute Gasteiger partial charge is 0.381 e. The van der Waals surface area contributed by atoms with Gasteiger partial charge >= 0.3 is 0 Å². The molecule has 1 aliphatic rings. The molecule has 0 bridgehead atoms. The van der Waals surface area contributed by atoms with E-state index in [1.165, 1.54) is 6.42 Å². The van der Waals surface area contributed by atoms with Gasteiger partial charge in [0.1, 0.15) is 0 Å². The lowest BCUT2D eigenvalue weighted by atomic mass is 9.90. The Bertz CT molecular complexity index is 360. The van der Waals surface area contributed by atoms with Crippen molar-refractivity contribution in [3.8, 4) is 0 Å². The second-order valence-electron chi connectivity index (χ2n) is 5.44. The summed E-state index contributed by atoms with van der Waals surface area (Å²) in [5.41, 5.74) is 2.21. The maximum atomic E-state index is 4.33. The lowest BCUT2D eigenvalue weighted by Crippen LogP contribution is -2.48. The third-order valence-corrected chi connectivity index (χ3v) is 3.87. The van der Waals surface area contributed by atoms with E-state index in [9.17, 15) is 0 Å². The van der Waals surface area contributed by atoms with Gasteiger partial charge in [-0.1, -0.05) is 6.92 Å². The van der Waals surface area contributed by atoms with Gasteiger partial charge in [-0.05, 0) is 45.4 Å². The predicted octanol–water partition coefficient (Wildman–Crippen LogP) is 2.53. The van der Waals surface area contributed by atoms with Crippen molar-refractivity contribution in [1.29, 1.82) is 0 Å². The number of nitrogens with zero attached hydrogens (tertiary/aromatic N) is 2. The van der Waals surface area contributed by atoms with Gasteiger partial charge in [0.25, 0.3) is 0 Å². The topological polar surface area (TPSA) is 28.2 Å². The summed E-state index contributed by atoms with van der Waals surface area (Å²) >= 11 is 0. The average Bonchev–Trinajstić information content (AvgIpc) is 2.29. The molecule has 0 aliphatic carbocycles. The Labute approximate surface area is 104 Å². The number of anilines is 1. The Morgan fingerprint density at radius 2 is 2.12 bits per heavy atom. The van der Waals surface area contributed by atoms with Crippen LogP contribution in [0.5, 0.6) is 0 Å². The highest BCUT2D eigenvalue weighted by Crippen LogP contribution is 2.23. The van der Waals surface area contributed by atoms with Crippen LogP contribution in [-0.2, 0) is 0 Å². The van der Waals surface area contributed by atoms with Gasteiger partial charge in [-0.15, -0.1) is 0 Å². The van der Waals surface area contributed by atoms with E-state index in [0.29, 0.717) is 18.0 Å². The van der Waals surface area contributed by atoms with Crippen LogP contribution in [0.4, 0.5) is 5.69 Å². The third kappa shape index (κ3) is 2.97. The molecule has 1 fully saturated rings. The van der Waals surface area contributed by atoms with Crippen LogP contribution in [0.15, 0.2) is 18.3 Å². The molecule has 1 N–H and O–H groups in total. The highest BCUT2D eigenvalue weighted by atomic mass is 15.2. The summed E-state index contributed by atoms with van der Waals surface area (Å²) in [5, 5.41) is 3.62. The van der Waals surface area contributed by atoms with E-state index >= 15 is 0 Å². The summed E-state index contributed by atoms with van der Waals surface area (Å²) < 4.78 is 0. The van der Waals surface area contributed by atoms with Crippen LogP contribution in [0.2, 0.25) is 0 Å². The minimum absolute atomic E-state index is 0.561. The summed E-state index contributed by atoms with van der Waals surface area (Å²) in [6.07, 6.45) is 3.14. The van der Waals surface area contributed by atoms with Gasteiger partial charge in [0, 0.05) is 24.3 Å². The number of hydrogen-bond donors (Lipinski definition) is 1. The summed E-state index contributed by atoms with van der Waals surface area (Å²) in [7, 11) is 2.21. The van der Waals surface area contributed by atoms with Crippen LogP contribution in [-0.4, -0.2) is 35.6 Å². The molecule has 3 heteroatoms. The minimum Gasteiger partial charge on any atom is -0.381 e. The van der Waals surface area contributed by atoms with Gasteiger partial charge in [-0.25, -0.2) is 0 Å². The monoisotopic (exact) mass is 233 g/mol. The van der Waals surface area contributed by atoms with E-state index in [-0.39, 0.29) is 0 Å². The first-order chi connectivity index (χ1) is 8.06. The molecule has 0 spiro atoms. The third-order valence-electron chi connectivity index (χ3n) is 3.87. The lowest BCUT2D eigenvalue weighted by molar-refractivity contribution is 0.145. The zero-order valence-corrected chi connectivity index (χ0v) is 11.3. The van der Waals surface area contributed by atoms with Gasteiger partial charge in [-0.3, -0.25) is 4.98 Å². The molecule has 3 unspecified atom stereocenters. The predicted molar refractivity (Wildman–Crippen MR) is 72.3 cm³/mol. The number of hydrogen-bond acceptors (Lipinski definition) is 3. The molecule has 1 aromatic heterocycles. The highest BCUT2D eigenvalue weighted by Gasteiger charge is 2.28. The molecule has 94 valence electrons. The van der Waals surface area contributed by atoms with E-state index in [0.717, 1.165) is 17.9 Å². The van der Waals surface area contributed by atoms with Crippen molar-refractivity contribution >= 4 is 5.69 Å². The number of pyridine rings is 1. The molecule has 1 aromatic rings. The Morgan fingerprint density at radius 1 is 1.35 bits per heavy atom. The molecule has 0 saturated carbocycles. The maximum Gasteiger partial charge on any atom is 0.0529 e. The van der Waals surface area contributed by atoms with E-state index in [1.807, 2.05) is 13.1 Å². The van der Waals surface area contributed by atoms with Crippen molar-refractivity contribution in [2.75, 3.05) is 18.9 Å². The van der Waals surface area contributed by atoms with Gasteiger partial charge < -0.3 is 10.2 Å². The first-order valence-corrected chi connectivity index (χ1v) is 6.45. The fourth-order valence-electron chi connectivity index (χ4n) is 2.51. The Kier molecular flexibility index (Phi) is 3.67. The van der Waals surface area contributed by atoms with E-state index < -0.39 is 0 Å². The molecule has 0 amide bonds. The summed E-state index contributed by atoms with van der Waals surface area (Å²) in [6.45, 7) is 7.80. The smallest absolute Gasteiger partial charge is 0.0529 e. The van der Waals surface area contributed by atoms with Crippen molar-refractivity contribution in [3.05, 3.63) is 24.0 Å². The molecule has 2 heterocycles. The standard InChI is InChI=1S/C14H23N3/c1-10-9-17(4)12(3)7-14(10)16-13-6-5-11(2)15-8-13/h5-6,8,10,12,14,16H,7,9H2,1-4H3. The van der Waals surface area contributed by atoms with Crippen molar-refractivity contribution < 1.29 is 0 Å². The van der Waals surface area contributed by atoms with E-state index in [4.69, 9.17) is 0 Å². The Morgan fingerprint density at radius 3 is 2.76 bits per heavy atom. The van der Waals surface area contributed by atoms with Crippen LogP contribution in [0, 0.1) is 12.8 Å². The molecule has 3 atom stereocenters. The maximum absolute atomic E-state index is 4.33. The van der Waals surface area contributed by atoms with Crippen molar-refractivity contribution in [2.24, 2.45) is 5.92 Å². The molecule has 17 heavy (non-hydrogen) atoms.